The summed E-state index contributed by atoms with van der Waals surface area (Å²) < 4.78 is 61.7. The predicted molar refractivity (Wildman–Crippen MR) is 91.0 cm³/mol. The van der Waals surface area contributed by atoms with Gasteiger partial charge in [0.05, 0.1) is 19.1 Å². The van der Waals surface area contributed by atoms with Crippen molar-refractivity contribution < 1.29 is 35.0 Å². The van der Waals surface area contributed by atoms with Crippen LogP contribution in [0.3, 0.4) is 0 Å². The molecule has 0 radical (unpaired) electrons. The van der Waals surface area contributed by atoms with Crippen LogP contribution in [0.1, 0.15) is 19.6 Å². The van der Waals surface area contributed by atoms with E-state index in [0.717, 1.165) is 29.3 Å². The van der Waals surface area contributed by atoms with Crippen LogP contribution in [0.5, 0.6) is 0 Å². The Balaban J connectivity index is 2.51. The summed E-state index contributed by atoms with van der Waals surface area (Å²) in [7, 11) is -7.99. The van der Waals surface area contributed by atoms with Gasteiger partial charge in [-0.2, -0.15) is 16.8 Å². The maximum atomic E-state index is 12.1. The van der Waals surface area contributed by atoms with E-state index in [1.165, 1.54) is 6.92 Å². The Hall–Kier alpha value is -1.58. The highest BCUT2D eigenvalue weighted by molar-refractivity contribution is 7.86. The first-order chi connectivity index (χ1) is 12.3. The van der Waals surface area contributed by atoms with Gasteiger partial charge in [-0.25, -0.2) is 4.79 Å². The number of aromatic amines is 1. The van der Waals surface area contributed by atoms with Crippen LogP contribution in [0.15, 0.2) is 21.9 Å². The van der Waals surface area contributed by atoms with E-state index in [2.05, 4.69) is 4.18 Å². The third kappa shape index (κ3) is 5.03. The minimum atomic E-state index is -4.09. The van der Waals surface area contributed by atoms with Crippen molar-refractivity contribution in [3.05, 3.63) is 33.1 Å². The van der Waals surface area contributed by atoms with E-state index >= 15 is 0 Å². The topological polar surface area (TPSA) is 171 Å². The first kappa shape index (κ1) is 21.7. The van der Waals surface area contributed by atoms with E-state index in [0.29, 0.717) is 0 Å². The fraction of sp³-hybridized carbons (Fsp3) is 0.692. The molecule has 1 fully saturated rings. The average molecular weight is 428 g/mol. The number of H-pyrrole nitrogens is 1. The van der Waals surface area contributed by atoms with Gasteiger partial charge in [0.15, 0.2) is 6.23 Å². The van der Waals surface area contributed by atoms with Gasteiger partial charge in [-0.05, 0) is 6.42 Å². The molecule has 0 spiro atoms. The lowest BCUT2D eigenvalue weighted by atomic mass is 9.91. The Morgan fingerprint density at radius 1 is 1.26 bits per heavy atom. The molecule has 4 atom stereocenters. The number of rotatable bonds is 7. The molecular weight excluding hydrogens is 408 g/mol. The summed E-state index contributed by atoms with van der Waals surface area (Å²) in [6.07, 6.45) is -1.91. The van der Waals surface area contributed by atoms with Crippen molar-refractivity contribution in [2.75, 3.05) is 19.1 Å². The first-order valence-electron chi connectivity index (χ1n) is 7.69. The molecule has 1 aromatic rings. The minimum Gasteiger partial charge on any atom is -0.382 e. The third-order valence-electron chi connectivity index (χ3n) is 3.96. The maximum absolute atomic E-state index is 12.1. The minimum absolute atomic E-state index is 0.126. The quantitative estimate of drug-likeness (QED) is 0.458. The molecule has 0 saturated carbocycles. The van der Waals surface area contributed by atoms with Crippen molar-refractivity contribution in [2.24, 2.45) is 0 Å². The highest BCUT2D eigenvalue weighted by Gasteiger charge is 2.58. The van der Waals surface area contributed by atoms with E-state index in [1.807, 2.05) is 4.98 Å². The highest BCUT2D eigenvalue weighted by Crippen LogP contribution is 2.42. The molecule has 1 aliphatic rings. The third-order valence-corrected chi connectivity index (χ3v) is 5.08. The van der Waals surface area contributed by atoms with Gasteiger partial charge < -0.3 is 9.84 Å². The van der Waals surface area contributed by atoms with Crippen LogP contribution < -0.4 is 11.2 Å². The Bertz CT molecular complexity index is 1010. The summed E-state index contributed by atoms with van der Waals surface area (Å²) in [6, 6.07) is 1.01. The van der Waals surface area contributed by atoms with Crippen LogP contribution in [0.25, 0.3) is 0 Å². The van der Waals surface area contributed by atoms with Crippen molar-refractivity contribution in [3.8, 4) is 0 Å². The van der Waals surface area contributed by atoms with Crippen LogP contribution in [-0.2, 0) is 33.3 Å². The van der Waals surface area contributed by atoms with Crippen molar-refractivity contribution in [1.29, 1.82) is 0 Å². The molecule has 2 rings (SSSR count). The number of ether oxygens (including phenoxy) is 1. The van der Waals surface area contributed by atoms with E-state index in [9.17, 15) is 31.5 Å². The molecule has 2 heterocycles. The molecular formula is C13H20N2O10S2. The predicted octanol–water partition coefficient (Wildman–Crippen LogP) is -2.10. The van der Waals surface area contributed by atoms with E-state index < -0.39 is 62.1 Å². The van der Waals surface area contributed by atoms with Crippen molar-refractivity contribution >= 4 is 20.2 Å². The lowest BCUT2D eigenvalue weighted by Crippen LogP contribution is -2.50. The van der Waals surface area contributed by atoms with Gasteiger partial charge in [0, 0.05) is 12.3 Å². The zero-order valence-corrected chi connectivity index (χ0v) is 16.3. The molecule has 0 bridgehead atoms. The van der Waals surface area contributed by atoms with Crippen LogP contribution in [0.2, 0.25) is 0 Å². The molecule has 1 aliphatic heterocycles. The zero-order chi connectivity index (χ0) is 20.6. The molecule has 0 amide bonds. The van der Waals surface area contributed by atoms with Crippen LogP contribution in [0, 0.1) is 0 Å². The second-order valence-corrected chi connectivity index (χ2v) is 9.34. The fourth-order valence-corrected chi connectivity index (χ4v) is 3.81. The zero-order valence-electron chi connectivity index (χ0n) is 14.7. The molecule has 154 valence electrons. The average Bonchev–Trinajstić information content (AvgIpc) is 2.77. The van der Waals surface area contributed by atoms with Gasteiger partial charge in [0.2, 0.25) is 0 Å². The highest BCUT2D eigenvalue weighted by atomic mass is 32.2. The van der Waals surface area contributed by atoms with Gasteiger partial charge in [-0.1, -0.05) is 6.92 Å². The Morgan fingerprint density at radius 2 is 1.89 bits per heavy atom. The summed E-state index contributed by atoms with van der Waals surface area (Å²) in [5.41, 5.74) is -3.64. The summed E-state index contributed by atoms with van der Waals surface area (Å²) in [6.45, 7) is 0.835. The monoisotopic (exact) mass is 428 g/mol. The first-order valence-corrected chi connectivity index (χ1v) is 11.3. The van der Waals surface area contributed by atoms with Gasteiger partial charge >= 0.3 is 5.69 Å². The fourth-order valence-electron chi connectivity index (χ4n) is 2.76. The van der Waals surface area contributed by atoms with Gasteiger partial charge in [0.1, 0.15) is 17.8 Å². The number of aliphatic hydroxyl groups is 1. The smallest absolute Gasteiger partial charge is 0.330 e. The Labute approximate surface area is 154 Å². The van der Waals surface area contributed by atoms with Gasteiger partial charge in [0.25, 0.3) is 25.8 Å². The molecule has 1 unspecified atom stereocenters. The lowest BCUT2D eigenvalue weighted by Gasteiger charge is -2.32. The van der Waals surface area contributed by atoms with Crippen molar-refractivity contribution in [3.63, 3.8) is 0 Å². The number of hydrogen-bond donors (Lipinski definition) is 2. The molecule has 1 saturated heterocycles. The lowest BCUT2D eigenvalue weighted by molar-refractivity contribution is -0.108. The summed E-state index contributed by atoms with van der Waals surface area (Å²) in [5.74, 6) is 0. The van der Waals surface area contributed by atoms with Crippen LogP contribution in [0.4, 0.5) is 0 Å². The summed E-state index contributed by atoms with van der Waals surface area (Å²) in [5, 5.41) is 11.1. The SMILES string of the molecule is CC[C@]1(O)[C@H](OS(C)(=O)=O)C(COS(C)(=O)=O)O[C@H]1n1ccc(=O)[nH]c1=O. The van der Waals surface area contributed by atoms with Crippen LogP contribution >= 0.6 is 0 Å². The molecule has 0 aromatic carbocycles. The normalized spacial score (nSPS) is 29.1. The second-order valence-electron chi connectivity index (χ2n) is 6.10. The molecule has 14 heteroatoms. The summed E-state index contributed by atoms with van der Waals surface area (Å²) >= 11 is 0. The number of nitrogens with zero attached hydrogens (tertiary/aromatic N) is 1. The maximum Gasteiger partial charge on any atom is 0.330 e. The molecule has 27 heavy (non-hydrogen) atoms. The standard InChI is InChI=1S/C13H20N2O10S2/c1-4-13(18)10(25-27(3,21)22)8(7-23-26(2,19)20)24-11(13)15-6-5-9(16)14-12(15)17/h5-6,8,10-11,18H,4,7H2,1-3H3,(H,14,16,17)/t8?,10-,11-,13+/m1/s1. The van der Waals surface area contributed by atoms with Crippen LogP contribution in [-0.4, -0.2) is 68.4 Å². The van der Waals surface area contributed by atoms with Crippen molar-refractivity contribution in [2.45, 2.75) is 37.4 Å². The Kier molecular flexibility index (Phi) is 5.99. The molecule has 0 aliphatic carbocycles. The molecule has 2 N–H and O–H groups in total. The molecule has 12 nitrogen and oxygen atoms in total. The largest absolute Gasteiger partial charge is 0.382 e. The van der Waals surface area contributed by atoms with Gasteiger partial charge in [-0.15, -0.1) is 0 Å². The van der Waals surface area contributed by atoms with E-state index in [1.54, 1.807) is 0 Å². The second kappa shape index (κ2) is 7.44. The number of aromatic nitrogens is 2. The molecule has 1 aromatic heterocycles. The van der Waals surface area contributed by atoms with E-state index in [-0.39, 0.29) is 6.42 Å². The van der Waals surface area contributed by atoms with Gasteiger partial charge in [-0.3, -0.25) is 22.7 Å². The van der Waals surface area contributed by atoms with Crippen molar-refractivity contribution in [1.82, 2.24) is 9.55 Å². The van der Waals surface area contributed by atoms with E-state index in [4.69, 9.17) is 8.92 Å². The Morgan fingerprint density at radius 3 is 2.37 bits per heavy atom. The number of nitrogens with one attached hydrogen (secondary N) is 1. The number of hydrogen-bond acceptors (Lipinski definition) is 10. The summed E-state index contributed by atoms with van der Waals surface area (Å²) in [4.78, 5) is 25.3.